The van der Waals surface area contributed by atoms with Gasteiger partial charge in [0.05, 0.1) is 25.3 Å². The van der Waals surface area contributed by atoms with Crippen molar-refractivity contribution in [1.82, 2.24) is 0 Å². The fourth-order valence-corrected chi connectivity index (χ4v) is 1.83. The molecule has 1 aromatic carbocycles. The van der Waals surface area contributed by atoms with E-state index in [-0.39, 0.29) is 0 Å². The first-order valence-corrected chi connectivity index (χ1v) is 7.44. The number of hydrogen-bond acceptors (Lipinski definition) is 7. The maximum atomic E-state index is 13.5. The Balaban J connectivity index is 3.42. The van der Waals surface area contributed by atoms with E-state index in [1.54, 1.807) is 0 Å². The molecule has 13 heteroatoms. The standard InChI is InChI=1S/C12H10F4O8S/c1-22-9(17)6-3-7(10(18)23-2)5-8(4-6)24-11(13,14)12(15,16)25(19,20)21/h3-5H,1-2H3,(H,19,20,21). The van der Waals surface area contributed by atoms with E-state index in [2.05, 4.69) is 14.2 Å². The molecule has 8 nitrogen and oxygen atoms in total. The minimum absolute atomic E-state index is 0.492. The third kappa shape index (κ3) is 4.17. The number of alkyl halides is 4. The molecular formula is C12H10F4O8S. The fraction of sp³-hybridized carbons (Fsp3) is 0.333. The van der Waals surface area contributed by atoms with Crippen LogP contribution in [0, 0.1) is 0 Å². The number of esters is 2. The summed E-state index contributed by atoms with van der Waals surface area (Å²) in [6, 6.07) is 1.82. The van der Waals surface area contributed by atoms with Crippen molar-refractivity contribution in [3.63, 3.8) is 0 Å². The van der Waals surface area contributed by atoms with Crippen molar-refractivity contribution >= 4 is 22.1 Å². The number of ether oxygens (including phenoxy) is 3. The van der Waals surface area contributed by atoms with Crippen molar-refractivity contribution in [1.29, 1.82) is 0 Å². The van der Waals surface area contributed by atoms with E-state index in [9.17, 15) is 35.6 Å². The molecule has 0 spiro atoms. The highest BCUT2D eigenvalue weighted by molar-refractivity contribution is 7.86. The van der Waals surface area contributed by atoms with Gasteiger partial charge in [-0.3, -0.25) is 4.55 Å². The lowest BCUT2D eigenvalue weighted by atomic mass is 10.1. The number of carbonyl (C=O) groups excluding carboxylic acids is 2. The van der Waals surface area contributed by atoms with E-state index in [1.807, 2.05) is 0 Å². The summed E-state index contributed by atoms with van der Waals surface area (Å²) < 4.78 is 94.5. The quantitative estimate of drug-likeness (QED) is 0.443. The van der Waals surface area contributed by atoms with Gasteiger partial charge in [-0.25, -0.2) is 9.59 Å². The zero-order chi connectivity index (χ0) is 19.6. The Morgan fingerprint density at radius 1 is 0.960 bits per heavy atom. The van der Waals surface area contributed by atoms with E-state index in [0.717, 1.165) is 20.3 Å². The smallest absolute Gasteiger partial charge is 0.465 e. The molecule has 25 heavy (non-hydrogen) atoms. The molecule has 1 rings (SSSR count). The van der Waals surface area contributed by atoms with Crippen LogP contribution in [-0.4, -0.2) is 50.5 Å². The lowest BCUT2D eigenvalue weighted by molar-refractivity contribution is -0.274. The van der Waals surface area contributed by atoms with Crippen molar-refractivity contribution in [3.8, 4) is 5.75 Å². The number of benzene rings is 1. The molecule has 0 saturated carbocycles. The fourth-order valence-electron chi connectivity index (χ4n) is 1.49. The third-order valence-electron chi connectivity index (χ3n) is 2.66. The van der Waals surface area contributed by atoms with Gasteiger partial charge in [-0.2, -0.15) is 26.0 Å². The lowest BCUT2D eigenvalue weighted by Gasteiger charge is -2.24. The second-order valence-corrected chi connectivity index (χ2v) is 5.80. The predicted octanol–water partition coefficient (Wildman–Crippen LogP) is 1.71. The highest BCUT2D eigenvalue weighted by atomic mass is 32.2. The Labute approximate surface area is 138 Å². The van der Waals surface area contributed by atoms with Gasteiger partial charge in [-0.05, 0) is 18.2 Å². The van der Waals surface area contributed by atoms with E-state index in [0.29, 0.717) is 12.1 Å². The Hall–Kier alpha value is -2.41. The van der Waals surface area contributed by atoms with Crippen LogP contribution in [0.15, 0.2) is 18.2 Å². The van der Waals surface area contributed by atoms with Gasteiger partial charge >= 0.3 is 33.4 Å². The molecular weight excluding hydrogens is 380 g/mol. The van der Waals surface area contributed by atoms with Crippen LogP contribution in [0.1, 0.15) is 20.7 Å². The zero-order valence-corrected chi connectivity index (χ0v) is 13.3. The van der Waals surface area contributed by atoms with Crippen molar-refractivity contribution in [3.05, 3.63) is 29.3 Å². The van der Waals surface area contributed by atoms with E-state index < -0.39 is 50.3 Å². The van der Waals surface area contributed by atoms with Crippen LogP contribution in [-0.2, 0) is 19.6 Å². The summed E-state index contributed by atoms with van der Waals surface area (Å²) in [6.45, 7) is 0. The van der Waals surface area contributed by atoms with Gasteiger partial charge in [0.2, 0.25) is 0 Å². The maximum Gasteiger partial charge on any atom is 0.483 e. The summed E-state index contributed by atoms with van der Waals surface area (Å²) in [6.07, 6.45) is -5.73. The summed E-state index contributed by atoms with van der Waals surface area (Å²) >= 11 is 0. The van der Waals surface area contributed by atoms with Crippen molar-refractivity contribution in [2.45, 2.75) is 11.4 Å². The van der Waals surface area contributed by atoms with Gasteiger partial charge in [0.15, 0.2) is 0 Å². The normalized spacial score (nSPS) is 12.4. The first kappa shape index (κ1) is 20.6. The Kier molecular flexibility index (Phi) is 5.64. The molecule has 0 aromatic heterocycles. The molecule has 0 bridgehead atoms. The SMILES string of the molecule is COC(=O)c1cc(OC(F)(F)C(F)(F)S(=O)(=O)O)cc(C(=O)OC)c1. The Morgan fingerprint density at radius 2 is 1.36 bits per heavy atom. The average Bonchev–Trinajstić information content (AvgIpc) is 2.51. The van der Waals surface area contributed by atoms with Crippen LogP contribution in [0.25, 0.3) is 0 Å². The largest absolute Gasteiger partial charge is 0.483 e. The minimum atomic E-state index is -6.53. The number of carbonyl (C=O) groups is 2. The second-order valence-electron chi connectivity index (χ2n) is 4.34. The molecule has 0 aliphatic carbocycles. The average molecular weight is 390 g/mol. The van der Waals surface area contributed by atoms with E-state index in [1.165, 1.54) is 0 Å². The van der Waals surface area contributed by atoms with Gasteiger partial charge in [0.1, 0.15) is 5.75 Å². The summed E-state index contributed by atoms with van der Waals surface area (Å²) in [7, 11) is -4.71. The van der Waals surface area contributed by atoms with Crippen molar-refractivity contribution in [2.75, 3.05) is 14.2 Å². The molecule has 0 radical (unpaired) electrons. The molecule has 0 aliphatic heterocycles. The molecule has 0 saturated heterocycles. The van der Waals surface area contributed by atoms with Crippen LogP contribution < -0.4 is 4.74 Å². The minimum Gasteiger partial charge on any atom is -0.465 e. The maximum absolute atomic E-state index is 13.5. The molecule has 140 valence electrons. The van der Waals surface area contributed by atoms with Crippen LogP contribution in [0.2, 0.25) is 0 Å². The first-order valence-electron chi connectivity index (χ1n) is 6.00. The molecule has 0 amide bonds. The van der Waals surface area contributed by atoms with Crippen LogP contribution >= 0.6 is 0 Å². The molecule has 0 aliphatic rings. The van der Waals surface area contributed by atoms with Crippen LogP contribution in [0.5, 0.6) is 5.75 Å². The van der Waals surface area contributed by atoms with Crippen LogP contribution in [0.3, 0.4) is 0 Å². The lowest BCUT2D eigenvalue weighted by Crippen LogP contribution is -2.50. The number of methoxy groups -OCH3 is 2. The van der Waals surface area contributed by atoms with Gasteiger partial charge in [0, 0.05) is 0 Å². The number of hydrogen-bond donors (Lipinski definition) is 1. The second kappa shape index (κ2) is 6.84. The molecule has 0 fully saturated rings. The molecule has 1 aromatic rings. The Morgan fingerprint density at radius 3 is 1.68 bits per heavy atom. The van der Waals surface area contributed by atoms with Gasteiger partial charge in [-0.1, -0.05) is 0 Å². The molecule has 0 atom stereocenters. The van der Waals surface area contributed by atoms with Crippen molar-refractivity contribution < 1.29 is 54.3 Å². The molecule has 0 unspecified atom stereocenters. The predicted molar refractivity (Wildman–Crippen MR) is 71.2 cm³/mol. The summed E-state index contributed by atoms with van der Waals surface area (Å²) in [5, 5.41) is -6.01. The van der Waals surface area contributed by atoms with Gasteiger partial charge in [0.25, 0.3) is 0 Å². The zero-order valence-electron chi connectivity index (χ0n) is 12.5. The summed E-state index contributed by atoms with van der Waals surface area (Å²) in [5.74, 6) is -3.46. The molecule has 1 N–H and O–H groups in total. The van der Waals surface area contributed by atoms with E-state index >= 15 is 0 Å². The van der Waals surface area contributed by atoms with E-state index in [4.69, 9.17) is 4.55 Å². The van der Waals surface area contributed by atoms with Gasteiger partial charge < -0.3 is 14.2 Å². The van der Waals surface area contributed by atoms with Crippen LogP contribution in [0.4, 0.5) is 17.6 Å². The topological polar surface area (TPSA) is 116 Å². The number of halogens is 4. The number of rotatable bonds is 6. The van der Waals surface area contributed by atoms with Crippen molar-refractivity contribution in [2.24, 2.45) is 0 Å². The third-order valence-corrected chi connectivity index (χ3v) is 3.54. The highest BCUT2D eigenvalue weighted by Crippen LogP contribution is 2.40. The first-order chi connectivity index (χ1) is 11.3. The Bertz CT molecular complexity index is 756. The van der Waals surface area contributed by atoms with Gasteiger partial charge in [-0.15, -0.1) is 0 Å². The highest BCUT2D eigenvalue weighted by Gasteiger charge is 2.69. The summed E-state index contributed by atoms with van der Waals surface area (Å²) in [4.78, 5) is 22.9. The molecule has 0 heterocycles. The summed E-state index contributed by atoms with van der Waals surface area (Å²) in [5.41, 5.74) is -1.10. The monoisotopic (exact) mass is 390 g/mol.